The molecule has 0 amide bonds. The second-order valence-corrected chi connectivity index (χ2v) is 8.98. The zero-order valence-electron chi connectivity index (χ0n) is 14.4. The summed E-state index contributed by atoms with van der Waals surface area (Å²) in [5.74, 6) is 0.990. The summed E-state index contributed by atoms with van der Waals surface area (Å²) >= 11 is 7.59. The summed E-state index contributed by atoms with van der Waals surface area (Å²) < 4.78 is 2.36. The Labute approximate surface area is 159 Å². The van der Waals surface area contributed by atoms with Crippen LogP contribution in [0.1, 0.15) is 50.7 Å². The Morgan fingerprint density at radius 3 is 1.29 bits per heavy atom. The van der Waals surface area contributed by atoms with Crippen molar-refractivity contribution in [2.45, 2.75) is 39.5 Å². The summed E-state index contributed by atoms with van der Waals surface area (Å²) in [4.78, 5) is 0. The van der Waals surface area contributed by atoms with Crippen LogP contribution in [0.2, 0.25) is 0 Å². The molecular weight excluding hydrogens is 424 g/mol. The van der Waals surface area contributed by atoms with Crippen LogP contribution in [0.4, 0.5) is 0 Å². The van der Waals surface area contributed by atoms with Gasteiger partial charge in [0.2, 0.25) is 0 Å². The van der Waals surface area contributed by atoms with Gasteiger partial charge in [-0.1, -0.05) is 71.7 Å². The molecule has 0 aliphatic heterocycles. The van der Waals surface area contributed by atoms with E-state index in [9.17, 15) is 0 Å². The highest BCUT2D eigenvalue weighted by Crippen LogP contribution is 2.45. The molecule has 24 heavy (non-hydrogen) atoms. The summed E-state index contributed by atoms with van der Waals surface area (Å²) in [7, 11) is 0. The molecule has 0 nitrogen and oxygen atoms in total. The Balaban J connectivity index is 2.39. The molecular formula is C22H20Br2. The van der Waals surface area contributed by atoms with Crippen molar-refractivity contribution in [3.05, 3.63) is 56.5 Å². The van der Waals surface area contributed by atoms with Crippen LogP contribution >= 0.6 is 31.9 Å². The molecule has 122 valence electrons. The van der Waals surface area contributed by atoms with Gasteiger partial charge in [0.1, 0.15) is 0 Å². The summed E-state index contributed by atoms with van der Waals surface area (Å²) in [6, 6.07) is 13.7. The van der Waals surface area contributed by atoms with Crippen molar-refractivity contribution in [2.24, 2.45) is 0 Å². The van der Waals surface area contributed by atoms with E-state index in [0.717, 1.165) is 0 Å². The zero-order chi connectivity index (χ0) is 17.2. The van der Waals surface area contributed by atoms with Crippen molar-refractivity contribution in [1.29, 1.82) is 0 Å². The van der Waals surface area contributed by atoms with Crippen LogP contribution in [0.15, 0.2) is 45.3 Å². The van der Waals surface area contributed by atoms with Crippen molar-refractivity contribution >= 4 is 64.2 Å². The highest BCUT2D eigenvalue weighted by molar-refractivity contribution is 9.11. The van der Waals surface area contributed by atoms with E-state index in [1.54, 1.807) is 0 Å². The van der Waals surface area contributed by atoms with Crippen LogP contribution in [0, 0.1) is 0 Å². The number of rotatable bonds is 2. The molecule has 0 bridgehead atoms. The predicted molar refractivity (Wildman–Crippen MR) is 114 cm³/mol. The smallest absolute Gasteiger partial charge is 0.0254 e. The van der Waals surface area contributed by atoms with E-state index >= 15 is 0 Å². The molecule has 0 radical (unpaired) electrons. The van der Waals surface area contributed by atoms with E-state index in [-0.39, 0.29) is 0 Å². The fraction of sp³-hybridized carbons (Fsp3) is 0.273. The highest BCUT2D eigenvalue weighted by atomic mass is 79.9. The summed E-state index contributed by atoms with van der Waals surface area (Å²) in [5, 5.41) is 8.21. The second-order valence-electron chi connectivity index (χ2n) is 7.28. The van der Waals surface area contributed by atoms with Gasteiger partial charge in [0, 0.05) is 8.95 Å². The van der Waals surface area contributed by atoms with Gasteiger partial charge in [-0.15, -0.1) is 0 Å². The monoisotopic (exact) mass is 442 g/mol. The van der Waals surface area contributed by atoms with E-state index < -0.39 is 0 Å². The van der Waals surface area contributed by atoms with Gasteiger partial charge < -0.3 is 0 Å². The molecule has 0 heterocycles. The van der Waals surface area contributed by atoms with E-state index in [1.165, 1.54) is 52.4 Å². The first kappa shape index (κ1) is 16.4. The van der Waals surface area contributed by atoms with Gasteiger partial charge in [0.15, 0.2) is 0 Å². The van der Waals surface area contributed by atoms with E-state index in [0.29, 0.717) is 11.8 Å². The average Bonchev–Trinajstić information content (AvgIpc) is 2.54. The molecule has 2 heteroatoms. The Bertz CT molecular complexity index is 986. The minimum Gasteiger partial charge on any atom is -0.0587 e. The SMILES string of the molecule is CC(C)c1cc2c(Br)ccc3c(C(C)C)cc4c(Br)ccc1c4c23. The van der Waals surface area contributed by atoms with Crippen molar-refractivity contribution < 1.29 is 0 Å². The maximum Gasteiger partial charge on any atom is 0.0254 e. The fourth-order valence-corrected chi connectivity index (χ4v) is 4.80. The largest absolute Gasteiger partial charge is 0.0587 e. The van der Waals surface area contributed by atoms with Crippen LogP contribution < -0.4 is 0 Å². The Kier molecular flexibility index (Phi) is 3.89. The third kappa shape index (κ3) is 2.23. The van der Waals surface area contributed by atoms with Crippen LogP contribution in [-0.2, 0) is 0 Å². The lowest BCUT2D eigenvalue weighted by molar-refractivity contribution is 0.876. The van der Waals surface area contributed by atoms with Gasteiger partial charge in [0.25, 0.3) is 0 Å². The minimum absolute atomic E-state index is 0.495. The van der Waals surface area contributed by atoms with Crippen molar-refractivity contribution in [1.82, 2.24) is 0 Å². The summed E-state index contributed by atoms with van der Waals surface area (Å²) in [5.41, 5.74) is 2.84. The lowest BCUT2D eigenvalue weighted by atomic mass is 9.84. The van der Waals surface area contributed by atoms with Crippen molar-refractivity contribution in [2.75, 3.05) is 0 Å². The lowest BCUT2D eigenvalue weighted by Gasteiger charge is -2.21. The average molecular weight is 444 g/mol. The maximum atomic E-state index is 3.79. The normalized spacial score (nSPS) is 12.5. The minimum atomic E-state index is 0.495. The van der Waals surface area contributed by atoms with Gasteiger partial charge in [0.05, 0.1) is 0 Å². The molecule has 0 spiro atoms. The molecule has 0 atom stereocenters. The molecule has 0 aromatic heterocycles. The summed E-state index contributed by atoms with van der Waals surface area (Å²) in [6.45, 7) is 9.12. The van der Waals surface area contributed by atoms with E-state index in [2.05, 4.69) is 96.0 Å². The van der Waals surface area contributed by atoms with E-state index in [4.69, 9.17) is 0 Å². The molecule has 4 aromatic carbocycles. The van der Waals surface area contributed by atoms with Crippen molar-refractivity contribution in [3.63, 3.8) is 0 Å². The first-order valence-electron chi connectivity index (χ1n) is 8.49. The maximum absolute atomic E-state index is 3.79. The molecule has 0 unspecified atom stereocenters. The van der Waals surface area contributed by atoms with Crippen LogP contribution in [0.25, 0.3) is 32.3 Å². The first-order chi connectivity index (χ1) is 11.4. The molecule has 0 fully saturated rings. The Morgan fingerprint density at radius 1 is 0.583 bits per heavy atom. The standard InChI is InChI=1S/C22H20Br2/c1-11(2)15-9-17-19(23)8-6-14-16(12(3)4)10-18-20(24)7-5-13(15)21(18)22(14)17/h5-12H,1-4H3. The fourth-order valence-electron chi connectivity index (χ4n) is 3.91. The highest BCUT2D eigenvalue weighted by Gasteiger charge is 2.19. The number of hydrogen-bond donors (Lipinski definition) is 0. The van der Waals surface area contributed by atoms with E-state index in [1.807, 2.05) is 0 Å². The molecule has 0 saturated heterocycles. The summed E-state index contributed by atoms with van der Waals surface area (Å²) in [6.07, 6.45) is 0. The molecule has 0 saturated carbocycles. The van der Waals surface area contributed by atoms with Crippen LogP contribution in [-0.4, -0.2) is 0 Å². The molecule has 0 aliphatic carbocycles. The molecule has 0 aliphatic rings. The van der Waals surface area contributed by atoms with Gasteiger partial charge in [-0.05, 0) is 79.5 Å². The zero-order valence-corrected chi connectivity index (χ0v) is 17.5. The third-order valence-corrected chi connectivity index (χ3v) is 6.48. The number of hydrogen-bond acceptors (Lipinski definition) is 0. The van der Waals surface area contributed by atoms with Crippen LogP contribution in [0.3, 0.4) is 0 Å². The second kappa shape index (κ2) is 5.71. The topological polar surface area (TPSA) is 0 Å². The predicted octanol–water partition coefficient (Wildman–Crippen LogP) is 8.36. The van der Waals surface area contributed by atoms with Crippen LogP contribution in [0.5, 0.6) is 0 Å². The van der Waals surface area contributed by atoms with Gasteiger partial charge in [-0.25, -0.2) is 0 Å². The quantitative estimate of drug-likeness (QED) is 0.273. The third-order valence-electron chi connectivity index (χ3n) is 5.10. The molecule has 0 N–H and O–H groups in total. The Hall–Kier alpha value is -1.12. The lowest BCUT2D eigenvalue weighted by Crippen LogP contribution is -1.97. The Morgan fingerprint density at radius 2 is 0.958 bits per heavy atom. The van der Waals surface area contributed by atoms with Crippen molar-refractivity contribution in [3.8, 4) is 0 Å². The number of benzene rings is 4. The first-order valence-corrected chi connectivity index (χ1v) is 10.1. The van der Waals surface area contributed by atoms with Gasteiger partial charge in [-0.3, -0.25) is 0 Å². The molecule has 4 rings (SSSR count). The van der Waals surface area contributed by atoms with Gasteiger partial charge >= 0.3 is 0 Å². The molecule has 4 aromatic rings. The number of halogens is 2. The van der Waals surface area contributed by atoms with Gasteiger partial charge in [-0.2, -0.15) is 0 Å².